The van der Waals surface area contributed by atoms with Gasteiger partial charge in [-0.15, -0.1) is 0 Å². The van der Waals surface area contributed by atoms with Crippen LogP contribution in [0.15, 0.2) is 30.7 Å². The fraction of sp³-hybridized carbons (Fsp3) is 0.182. The average molecular weight is 231 g/mol. The van der Waals surface area contributed by atoms with Gasteiger partial charge in [-0.3, -0.25) is 14.5 Å². The lowest BCUT2D eigenvalue weighted by Crippen LogP contribution is -2.24. The molecule has 0 radical (unpaired) electrons. The van der Waals surface area contributed by atoms with E-state index in [1.807, 2.05) is 12.1 Å². The Hall–Kier alpha value is -2.37. The lowest BCUT2D eigenvalue weighted by molar-refractivity contribution is 0.0946. The van der Waals surface area contributed by atoms with E-state index in [9.17, 15) is 4.79 Å². The molecule has 2 aromatic rings. The van der Waals surface area contributed by atoms with E-state index in [1.165, 1.54) is 4.68 Å². The number of rotatable bonds is 3. The van der Waals surface area contributed by atoms with Gasteiger partial charge in [0, 0.05) is 32.2 Å². The van der Waals surface area contributed by atoms with Crippen molar-refractivity contribution in [2.75, 3.05) is 5.73 Å². The molecular weight excluding hydrogens is 218 g/mol. The van der Waals surface area contributed by atoms with E-state index < -0.39 is 0 Å². The van der Waals surface area contributed by atoms with Crippen molar-refractivity contribution in [3.05, 3.63) is 42.0 Å². The third-order valence-electron chi connectivity index (χ3n) is 2.25. The molecule has 0 bridgehead atoms. The molecule has 88 valence electrons. The molecule has 0 aliphatic heterocycles. The van der Waals surface area contributed by atoms with Crippen molar-refractivity contribution in [3.8, 4) is 0 Å². The molecule has 0 aliphatic carbocycles. The Morgan fingerprint density at radius 3 is 3.00 bits per heavy atom. The summed E-state index contributed by atoms with van der Waals surface area (Å²) in [7, 11) is 1.72. The molecule has 1 amide bonds. The van der Waals surface area contributed by atoms with Crippen LogP contribution in [0.2, 0.25) is 0 Å². The number of nitrogens with zero attached hydrogens (tertiary/aromatic N) is 3. The number of carbonyl (C=O) groups is 1. The number of hydrogen-bond donors (Lipinski definition) is 2. The van der Waals surface area contributed by atoms with Gasteiger partial charge in [-0.1, -0.05) is 6.07 Å². The van der Waals surface area contributed by atoms with Crippen molar-refractivity contribution in [3.63, 3.8) is 0 Å². The first-order chi connectivity index (χ1) is 8.16. The maximum atomic E-state index is 11.8. The van der Waals surface area contributed by atoms with Crippen LogP contribution in [0.1, 0.15) is 16.1 Å². The van der Waals surface area contributed by atoms with Gasteiger partial charge in [0.05, 0.1) is 5.69 Å². The average Bonchev–Trinajstić information content (AvgIpc) is 2.67. The van der Waals surface area contributed by atoms with Crippen LogP contribution in [0.4, 0.5) is 5.69 Å². The molecule has 0 unspecified atom stereocenters. The number of hydrogen-bond acceptors (Lipinski definition) is 4. The summed E-state index contributed by atoms with van der Waals surface area (Å²) in [5, 5.41) is 6.72. The third-order valence-corrected chi connectivity index (χ3v) is 2.25. The van der Waals surface area contributed by atoms with Crippen molar-refractivity contribution >= 4 is 11.6 Å². The van der Waals surface area contributed by atoms with Crippen molar-refractivity contribution < 1.29 is 4.79 Å². The summed E-state index contributed by atoms with van der Waals surface area (Å²) < 4.78 is 1.51. The fourth-order valence-electron chi connectivity index (χ4n) is 1.45. The Labute approximate surface area is 98.5 Å². The Balaban J connectivity index is 2.01. The molecular formula is C11H13N5O. The summed E-state index contributed by atoms with van der Waals surface area (Å²) in [6.45, 7) is 0.405. The standard InChI is InChI=1S/C11H13N5O/c1-16-7-9(12)10(15-16)11(17)14-6-8-3-2-4-13-5-8/h2-5,7H,6,12H2,1H3,(H,14,17). The Morgan fingerprint density at radius 2 is 2.41 bits per heavy atom. The Morgan fingerprint density at radius 1 is 1.59 bits per heavy atom. The molecule has 0 aliphatic rings. The van der Waals surface area contributed by atoms with Crippen LogP contribution in [-0.2, 0) is 13.6 Å². The van der Waals surface area contributed by atoms with Gasteiger partial charge in [0.15, 0.2) is 5.69 Å². The van der Waals surface area contributed by atoms with Gasteiger partial charge >= 0.3 is 0 Å². The number of aromatic nitrogens is 3. The lowest BCUT2D eigenvalue weighted by atomic mass is 10.3. The second kappa shape index (κ2) is 4.65. The van der Waals surface area contributed by atoms with Gasteiger partial charge in [-0.25, -0.2) is 0 Å². The summed E-state index contributed by atoms with van der Waals surface area (Å²) in [4.78, 5) is 15.7. The van der Waals surface area contributed by atoms with Crippen LogP contribution in [0.3, 0.4) is 0 Å². The molecule has 0 saturated heterocycles. The first kappa shape index (κ1) is 11.1. The highest BCUT2D eigenvalue weighted by atomic mass is 16.1. The number of nitrogen functional groups attached to an aromatic ring is 1. The summed E-state index contributed by atoms with van der Waals surface area (Å²) in [6.07, 6.45) is 4.98. The van der Waals surface area contributed by atoms with E-state index in [1.54, 1.807) is 25.6 Å². The van der Waals surface area contributed by atoms with Gasteiger partial charge < -0.3 is 11.1 Å². The zero-order chi connectivity index (χ0) is 12.3. The zero-order valence-corrected chi connectivity index (χ0v) is 9.42. The highest BCUT2D eigenvalue weighted by molar-refractivity contribution is 5.96. The smallest absolute Gasteiger partial charge is 0.274 e. The van der Waals surface area contributed by atoms with E-state index in [-0.39, 0.29) is 11.6 Å². The highest BCUT2D eigenvalue weighted by Crippen LogP contribution is 2.07. The van der Waals surface area contributed by atoms with Crippen molar-refractivity contribution in [2.45, 2.75) is 6.54 Å². The molecule has 0 aromatic carbocycles. The predicted octanol–water partition coefficient (Wildman–Crippen LogP) is 0.327. The van der Waals surface area contributed by atoms with Crippen LogP contribution in [-0.4, -0.2) is 20.7 Å². The molecule has 0 saturated carbocycles. The Bertz CT molecular complexity index is 520. The largest absolute Gasteiger partial charge is 0.396 e. The number of anilines is 1. The number of pyridine rings is 1. The van der Waals surface area contributed by atoms with Gasteiger partial charge in [-0.05, 0) is 11.6 Å². The van der Waals surface area contributed by atoms with E-state index in [0.29, 0.717) is 12.2 Å². The first-order valence-electron chi connectivity index (χ1n) is 5.13. The summed E-state index contributed by atoms with van der Waals surface area (Å²) >= 11 is 0. The van der Waals surface area contributed by atoms with E-state index in [4.69, 9.17) is 5.73 Å². The lowest BCUT2D eigenvalue weighted by Gasteiger charge is -2.03. The number of carbonyl (C=O) groups excluding carboxylic acids is 1. The minimum Gasteiger partial charge on any atom is -0.396 e. The van der Waals surface area contributed by atoms with Crippen molar-refractivity contribution in [1.29, 1.82) is 0 Å². The molecule has 0 atom stereocenters. The molecule has 2 rings (SSSR count). The van der Waals surface area contributed by atoms with Gasteiger partial charge in [0.1, 0.15) is 0 Å². The van der Waals surface area contributed by atoms with Gasteiger partial charge in [0.25, 0.3) is 5.91 Å². The molecule has 0 spiro atoms. The molecule has 6 heteroatoms. The zero-order valence-electron chi connectivity index (χ0n) is 9.42. The monoisotopic (exact) mass is 231 g/mol. The van der Waals surface area contributed by atoms with Crippen molar-refractivity contribution in [2.24, 2.45) is 7.05 Å². The number of nitrogens with one attached hydrogen (secondary N) is 1. The van der Waals surface area contributed by atoms with E-state index in [2.05, 4.69) is 15.4 Å². The van der Waals surface area contributed by atoms with Crippen LogP contribution >= 0.6 is 0 Å². The van der Waals surface area contributed by atoms with Crippen molar-refractivity contribution in [1.82, 2.24) is 20.1 Å². The second-order valence-corrected chi connectivity index (χ2v) is 3.65. The van der Waals surface area contributed by atoms with Crippen LogP contribution in [0.5, 0.6) is 0 Å². The second-order valence-electron chi connectivity index (χ2n) is 3.65. The fourth-order valence-corrected chi connectivity index (χ4v) is 1.45. The third kappa shape index (κ3) is 2.60. The SMILES string of the molecule is Cn1cc(N)c(C(=O)NCc2cccnc2)n1. The molecule has 0 fully saturated rings. The van der Waals surface area contributed by atoms with E-state index >= 15 is 0 Å². The molecule has 17 heavy (non-hydrogen) atoms. The van der Waals surface area contributed by atoms with Gasteiger partial charge in [-0.2, -0.15) is 5.10 Å². The summed E-state index contributed by atoms with van der Waals surface area (Å²) in [5.74, 6) is -0.285. The minimum absolute atomic E-state index is 0.247. The van der Waals surface area contributed by atoms with Crippen LogP contribution in [0, 0.1) is 0 Å². The molecule has 2 aromatic heterocycles. The number of nitrogens with two attached hydrogens (primary N) is 1. The van der Waals surface area contributed by atoms with Gasteiger partial charge in [0.2, 0.25) is 0 Å². The predicted molar refractivity (Wildman–Crippen MR) is 63.0 cm³/mol. The highest BCUT2D eigenvalue weighted by Gasteiger charge is 2.13. The van der Waals surface area contributed by atoms with E-state index in [0.717, 1.165) is 5.56 Å². The first-order valence-corrected chi connectivity index (χ1v) is 5.13. The van der Waals surface area contributed by atoms with Crippen LogP contribution in [0.25, 0.3) is 0 Å². The quantitative estimate of drug-likeness (QED) is 0.797. The van der Waals surface area contributed by atoms with Crippen LogP contribution < -0.4 is 11.1 Å². The summed E-state index contributed by atoms with van der Waals surface area (Å²) in [6, 6.07) is 3.70. The normalized spacial score (nSPS) is 10.2. The number of aryl methyl sites for hydroxylation is 1. The minimum atomic E-state index is -0.285. The number of amides is 1. The molecule has 3 N–H and O–H groups in total. The topological polar surface area (TPSA) is 85.8 Å². The summed E-state index contributed by atoms with van der Waals surface area (Å²) in [5.41, 5.74) is 7.20. The molecule has 6 nitrogen and oxygen atoms in total. The Kier molecular flexibility index (Phi) is 3.04. The maximum Gasteiger partial charge on any atom is 0.274 e. The maximum absolute atomic E-state index is 11.8. The molecule has 2 heterocycles.